The van der Waals surface area contributed by atoms with E-state index < -0.39 is 6.43 Å². The number of nitrogens with zero attached hydrogens (tertiary/aromatic N) is 3. The number of fused-ring (bicyclic) bond motifs is 1. The minimum Gasteiger partial charge on any atom is -0.493 e. The van der Waals surface area contributed by atoms with Gasteiger partial charge in [-0.25, -0.2) is 18.7 Å². The predicted molar refractivity (Wildman–Crippen MR) is 135 cm³/mol. The topological polar surface area (TPSA) is 59.5 Å². The summed E-state index contributed by atoms with van der Waals surface area (Å²) in [5, 5.41) is 4.21. The summed E-state index contributed by atoms with van der Waals surface area (Å²) in [6, 6.07) is 9.42. The normalized spacial score (nSPS) is 19.3. The Bertz CT molecular complexity index is 1200. The number of halogens is 2. The van der Waals surface area contributed by atoms with E-state index in [1.165, 1.54) is 6.07 Å². The van der Waals surface area contributed by atoms with Crippen LogP contribution < -0.4 is 14.8 Å². The SMILES string of the molecule is COc1cc2nc(C)nc(N[C@H](C)c3cccc(C(F)F)c3C)c2cc1OC[C@@H]1CC[C@H](C)N1C. The molecule has 1 saturated heterocycles. The molecule has 35 heavy (non-hydrogen) atoms. The van der Waals surface area contributed by atoms with Crippen LogP contribution in [0.4, 0.5) is 14.6 Å². The zero-order chi connectivity index (χ0) is 25.3. The average Bonchev–Trinajstić information content (AvgIpc) is 3.14. The number of hydrogen-bond donors (Lipinski definition) is 1. The molecular formula is C27H34F2N4O2. The highest BCUT2D eigenvalue weighted by atomic mass is 19.3. The smallest absolute Gasteiger partial charge is 0.264 e. The molecule has 0 bridgehead atoms. The van der Waals surface area contributed by atoms with Gasteiger partial charge in [-0.05, 0) is 64.8 Å². The third-order valence-electron chi connectivity index (χ3n) is 7.19. The van der Waals surface area contributed by atoms with Crippen LogP contribution in [0, 0.1) is 13.8 Å². The number of methoxy groups -OCH3 is 1. The summed E-state index contributed by atoms with van der Waals surface area (Å²) >= 11 is 0. The number of benzene rings is 2. The quantitative estimate of drug-likeness (QED) is 0.409. The van der Waals surface area contributed by atoms with E-state index in [0.29, 0.717) is 47.4 Å². The summed E-state index contributed by atoms with van der Waals surface area (Å²) < 4.78 is 38.7. The first-order valence-electron chi connectivity index (χ1n) is 12.0. The molecule has 1 aliphatic heterocycles. The molecule has 3 atom stereocenters. The Hall–Kier alpha value is -3.00. The van der Waals surface area contributed by atoms with Crippen molar-refractivity contribution in [2.24, 2.45) is 0 Å². The maximum atomic E-state index is 13.4. The number of anilines is 1. The molecule has 8 heteroatoms. The summed E-state index contributed by atoms with van der Waals surface area (Å²) in [4.78, 5) is 11.6. The lowest BCUT2D eigenvalue weighted by atomic mass is 9.97. The Kier molecular flexibility index (Phi) is 7.40. The maximum Gasteiger partial charge on any atom is 0.264 e. The number of aryl methyl sites for hydroxylation is 1. The van der Waals surface area contributed by atoms with E-state index in [4.69, 9.17) is 9.47 Å². The summed E-state index contributed by atoms with van der Waals surface area (Å²) in [5.74, 6) is 2.47. The number of likely N-dealkylation sites (N-methyl/N-ethyl adjacent to an activating group) is 1. The lowest BCUT2D eigenvalue weighted by Gasteiger charge is -2.24. The molecular weight excluding hydrogens is 450 g/mol. The second-order valence-corrected chi connectivity index (χ2v) is 9.42. The Labute approximate surface area is 205 Å². The van der Waals surface area contributed by atoms with Gasteiger partial charge in [-0.3, -0.25) is 4.90 Å². The molecule has 0 radical (unpaired) electrons. The fourth-order valence-electron chi connectivity index (χ4n) is 4.88. The summed E-state index contributed by atoms with van der Waals surface area (Å²) in [6.45, 7) is 8.29. The Morgan fingerprint density at radius 2 is 1.86 bits per heavy atom. The van der Waals surface area contributed by atoms with Crippen molar-refractivity contribution in [3.8, 4) is 11.5 Å². The third kappa shape index (κ3) is 5.17. The molecule has 1 fully saturated rings. The molecule has 6 nitrogen and oxygen atoms in total. The van der Waals surface area contributed by atoms with Crippen LogP contribution in [0.3, 0.4) is 0 Å². The first-order valence-corrected chi connectivity index (χ1v) is 12.0. The number of hydrogen-bond acceptors (Lipinski definition) is 6. The fourth-order valence-corrected chi connectivity index (χ4v) is 4.88. The molecule has 1 aromatic heterocycles. The van der Waals surface area contributed by atoms with Gasteiger partial charge < -0.3 is 14.8 Å². The van der Waals surface area contributed by atoms with Gasteiger partial charge in [0, 0.05) is 29.1 Å². The first kappa shape index (κ1) is 25.1. The highest BCUT2D eigenvalue weighted by Crippen LogP contribution is 2.37. The van der Waals surface area contributed by atoms with Crippen LogP contribution in [0.5, 0.6) is 11.5 Å². The molecule has 4 rings (SSSR count). The van der Waals surface area contributed by atoms with Gasteiger partial charge in [0.05, 0.1) is 18.7 Å². The highest BCUT2D eigenvalue weighted by Gasteiger charge is 2.28. The van der Waals surface area contributed by atoms with Gasteiger partial charge >= 0.3 is 0 Å². The van der Waals surface area contributed by atoms with Crippen LogP contribution in [0.1, 0.15) is 61.7 Å². The summed E-state index contributed by atoms with van der Waals surface area (Å²) in [6.07, 6.45) is -0.264. The van der Waals surface area contributed by atoms with E-state index >= 15 is 0 Å². The van der Waals surface area contributed by atoms with Crippen LogP contribution in [0.25, 0.3) is 10.9 Å². The van der Waals surface area contributed by atoms with Crippen LogP contribution in [-0.2, 0) is 0 Å². The van der Waals surface area contributed by atoms with Crippen molar-refractivity contribution in [3.05, 3.63) is 52.8 Å². The van der Waals surface area contributed by atoms with E-state index in [2.05, 4.69) is 34.2 Å². The summed E-state index contributed by atoms with van der Waals surface area (Å²) in [7, 11) is 3.75. The molecule has 1 aliphatic rings. The Balaban J connectivity index is 1.66. The van der Waals surface area contributed by atoms with Gasteiger partial charge in [-0.2, -0.15) is 0 Å². The lowest BCUT2D eigenvalue weighted by molar-refractivity contribution is 0.150. The Morgan fingerprint density at radius 1 is 1.11 bits per heavy atom. The molecule has 0 spiro atoms. The lowest BCUT2D eigenvalue weighted by Crippen LogP contribution is -2.34. The molecule has 2 heterocycles. The van der Waals surface area contributed by atoms with Crippen molar-refractivity contribution in [1.82, 2.24) is 14.9 Å². The standard InChI is InChI=1S/C27H34F2N4O2/c1-15-10-11-19(33(15)5)14-35-25-12-22-23(13-24(25)34-6)31-18(4)32-27(22)30-17(3)20-8-7-9-21(16(20)2)26(28)29/h7-9,12-13,15,17,19,26H,10-11,14H2,1-6H3,(H,30,31,32)/t15-,17+,19-/m0/s1. The van der Waals surface area contributed by atoms with Gasteiger partial charge in [0.1, 0.15) is 18.2 Å². The molecule has 188 valence electrons. The van der Waals surface area contributed by atoms with Gasteiger partial charge in [0.25, 0.3) is 6.43 Å². The van der Waals surface area contributed by atoms with Crippen molar-refractivity contribution < 1.29 is 18.3 Å². The minimum absolute atomic E-state index is 0.0477. The predicted octanol–water partition coefficient (Wildman–Crippen LogP) is 6.23. The van der Waals surface area contributed by atoms with Gasteiger partial charge in [0.15, 0.2) is 11.5 Å². The maximum absolute atomic E-state index is 13.4. The van der Waals surface area contributed by atoms with Crippen molar-refractivity contribution in [3.63, 3.8) is 0 Å². The van der Waals surface area contributed by atoms with Crippen molar-refractivity contribution >= 4 is 16.7 Å². The van der Waals surface area contributed by atoms with E-state index in [1.54, 1.807) is 20.1 Å². The number of nitrogens with one attached hydrogen (secondary N) is 1. The van der Waals surface area contributed by atoms with E-state index in [-0.39, 0.29) is 11.6 Å². The molecule has 2 aromatic carbocycles. The monoisotopic (exact) mass is 484 g/mol. The molecule has 3 aromatic rings. The minimum atomic E-state index is -2.52. The van der Waals surface area contributed by atoms with Crippen LogP contribution in [-0.4, -0.2) is 47.7 Å². The molecule has 1 N–H and O–H groups in total. The number of rotatable bonds is 8. The zero-order valence-electron chi connectivity index (χ0n) is 21.2. The fraction of sp³-hybridized carbons (Fsp3) is 0.481. The number of ether oxygens (including phenoxy) is 2. The molecule has 0 aliphatic carbocycles. The van der Waals surface area contributed by atoms with Crippen molar-refractivity contribution in [2.45, 2.75) is 65.1 Å². The Morgan fingerprint density at radius 3 is 2.51 bits per heavy atom. The third-order valence-corrected chi connectivity index (χ3v) is 7.19. The number of likely N-dealkylation sites (tertiary alicyclic amines) is 1. The molecule has 0 unspecified atom stereocenters. The van der Waals surface area contributed by atoms with Crippen molar-refractivity contribution in [2.75, 3.05) is 26.1 Å². The second kappa shape index (κ2) is 10.3. The average molecular weight is 485 g/mol. The van der Waals surface area contributed by atoms with Gasteiger partial charge in [0.2, 0.25) is 0 Å². The molecule has 0 amide bonds. The first-order chi connectivity index (χ1) is 16.7. The van der Waals surface area contributed by atoms with E-state index in [1.807, 2.05) is 32.0 Å². The second-order valence-electron chi connectivity index (χ2n) is 9.42. The largest absolute Gasteiger partial charge is 0.493 e. The number of aromatic nitrogens is 2. The van der Waals surface area contributed by atoms with E-state index in [0.717, 1.165) is 29.3 Å². The zero-order valence-corrected chi connectivity index (χ0v) is 21.2. The molecule has 0 saturated carbocycles. The van der Waals surface area contributed by atoms with Gasteiger partial charge in [-0.15, -0.1) is 0 Å². The summed E-state index contributed by atoms with van der Waals surface area (Å²) in [5.41, 5.74) is 2.15. The van der Waals surface area contributed by atoms with Crippen molar-refractivity contribution in [1.29, 1.82) is 0 Å². The van der Waals surface area contributed by atoms with Gasteiger partial charge in [-0.1, -0.05) is 18.2 Å². The number of alkyl halides is 2. The highest BCUT2D eigenvalue weighted by molar-refractivity contribution is 5.92. The van der Waals surface area contributed by atoms with E-state index in [9.17, 15) is 8.78 Å². The van der Waals surface area contributed by atoms with Crippen LogP contribution >= 0.6 is 0 Å². The van der Waals surface area contributed by atoms with Crippen LogP contribution in [0.15, 0.2) is 30.3 Å². The van der Waals surface area contributed by atoms with Crippen LogP contribution in [0.2, 0.25) is 0 Å².